The molecule has 42 heavy (non-hydrogen) atoms. The largest absolute Gasteiger partial charge is 0.324 e. The van der Waals surface area contributed by atoms with E-state index in [1.54, 1.807) is 0 Å². The van der Waals surface area contributed by atoms with E-state index >= 15 is 0 Å². The monoisotopic (exact) mass is 589 g/mol. The average molecular weight is 590 g/mol. The Morgan fingerprint density at radius 2 is 0.571 bits per heavy atom. The van der Waals surface area contributed by atoms with E-state index in [0.29, 0.717) is 45.9 Å². The van der Waals surface area contributed by atoms with Crippen LogP contribution in [0.15, 0.2) is 97.1 Å². The second-order valence-corrected chi connectivity index (χ2v) is 9.79. The van der Waals surface area contributed by atoms with Crippen LogP contribution in [0.4, 0.5) is 0 Å². The Labute approximate surface area is 250 Å². The summed E-state index contributed by atoms with van der Waals surface area (Å²) in [7, 11) is 0. The number of benzene rings is 4. The Morgan fingerprint density at radius 3 is 0.833 bits per heavy atom. The maximum absolute atomic E-state index is 5.02. The maximum atomic E-state index is 5.02. The topological polar surface area (TPSA) is 109 Å². The second-order valence-electron chi connectivity index (χ2n) is 9.79. The first-order chi connectivity index (χ1) is 19.8. The fraction of sp³-hybridized carbons (Fsp3) is 0.0303. The summed E-state index contributed by atoms with van der Waals surface area (Å²) >= 11 is 0. The van der Waals surface area contributed by atoms with Crippen molar-refractivity contribution in [3.63, 3.8) is 0 Å². The van der Waals surface area contributed by atoms with Gasteiger partial charge >= 0.3 is 0 Å². The van der Waals surface area contributed by atoms with Gasteiger partial charge in [-0.25, -0.2) is 29.9 Å². The fourth-order valence-corrected chi connectivity index (χ4v) is 5.59. The predicted molar refractivity (Wildman–Crippen MR) is 163 cm³/mol. The van der Waals surface area contributed by atoms with Crippen molar-refractivity contribution in [3.05, 3.63) is 97.1 Å². The molecule has 9 rings (SSSR count). The molecule has 9 heteroatoms. The fourth-order valence-electron chi connectivity index (χ4n) is 5.59. The molecule has 2 aliphatic rings. The zero-order valence-electron chi connectivity index (χ0n) is 21.3. The van der Waals surface area contributed by atoms with E-state index in [0.717, 1.165) is 43.8 Å². The van der Waals surface area contributed by atoms with Crippen LogP contribution >= 0.6 is 0 Å². The molecule has 4 aromatic carbocycles. The van der Waals surface area contributed by atoms with Crippen LogP contribution in [0.1, 0.15) is 7.43 Å². The molecule has 0 aliphatic carbocycles. The molecule has 7 aromatic rings. The molecule has 3 aromatic heterocycles. The normalized spacial score (nSPS) is 11.4. The van der Waals surface area contributed by atoms with Gasteiger partial charge < -0.3 is 9.97 Å². The van der Waals surface area contributed by atoms with Gasteiger partial charge in [-0.15, -0.1) is 0 Å². The number of rotatable bonds is 0. The van der Waals surface area contributed by atoms with Crippen LogP contribution in [0, 0.1) is 0 Å². The molecular formula is C33H22CoN8. The Hall–Kier alpha value is -5.25. The summed E-state index contributed by atoms with van der Waals surface area (Å²) in [6.07, 6.45) is 0. The van der Waals surface area contributed by atoms with Gasteiger partial charge in [-0.05, 0) is 0 Å². The molecule has 0 atom stereocenters. The van der Waals surface area contributed by atoms with Crippen LogP contribution in [-0.4, -0.2) is 39.9 Å². The van der Waals surface area contributed by atoms with Gasteiger partial charge in [0.15, 0.2) is 23.3 Å². The van der Waals surface area contributed by atoms with E-state index < -0.39 is 0 Å². The standard InChI is InChI=1S/C32H18N8.CH4.Co/c1-2-10-18-17(9-1)25-33-26(18)38-28-21-13-5-6-14-22(21)30(35-28)40-32-24-16-8-7-15-23(24)31(36-32)39-29-20-12-4-3-11-19(20)27(34-29)37-25;;/h1-16H,(H2,33,34,35,36,37,38,39,40);1H4;. The van der Waals surface area contributed by atoms with Crippen molar-refractivity contribution in [2.24, 2.45) is 0 Å². The smallest absolute Gasteiger partial charge is 0.164 e. The van der Waals surface area contributed by atoms with E-state index in [1.807, 2.05) is 97.1 Å². The second kappa shape index (κ2) is 9.69. The zero-order valence-corrected chi connectivity index (χ0v) is 22.3. The third kappa shape index (κ3) is 3.75. The number of aromatic nitrogens is 8. The van der Waals surface area contributed by atoms with Crippen LogP contribution < -0.4 is 0 Å². The van der Waals surface area contributed by atoms with E-state index in [4.69, 9.17) is 29.9 Å². The molecule has 8 bridgehead atoms. The average Bonchev–Trinajstić information content (AvgIpc) is 3.73. The van der Waals surface area contributed by atoms with Gasteiger partial charge in [-0.3, -0.25) is 0 Å². The Kier molecular flexibility index (Phi) is 5.93. The van der Waals surface area contributed by atoms with Gasteiger partial charge in [0.25, 0.3) is 0 Å². The van der Waals surface area contributed by atoms with Gasteiger partial charge in [0, 0.05) is 60.6 Å². The number of hydrogen-bond acceptors (Lipinski definition) is 6. The molecule has 8 nitrogen and oxygen atoms in total. The van der Waals surface area contributed by atoms with Crippen LogP contribution in [0.3, 0.4) is 0 Å². The van der Waals surface area contributed by atoms with Crippen molar-refractivity contribution in [2.75, 3.05) is 0 Å². The van der Waals surface area contributed by atoms with Crippen molar-refractivity contribution < 1.29 is 16.8 Å². The summed E-state index contributed by atoms with van der Waals surface area (Å²) in [5.74, 6) is 2.39. The van der Waals surface area contributed by atoms with Crippen LogP contribution in [0.5, 0.6) is 0 Å². The molecule has 1 radical (unpaired) electrons. The molecule has 0 fully saturated rings. The minimum absolute atomic E-state index is 0. The molecular weight excluding hydrogens is 567 g/mol. The van der Waals surface area contributed by atoms with Crippen LogP contribution in [-0.2, 0) is 16.8 Å². The summed E-state index contributed by atoms with van der Waals surface area (Å²) < 4.78 is 0. The Morgan fingerprint density at radius 1 is 0.333 bits per heavy atom. The summed E-state index contributed by atoms with van der Waals surface area (Å²) in [6, 6.07) is 32.2. The third-order valence-corrected chi connectivity index (χ3v) is 7.46. The molecule has 203 valence electrons. The van der Waals surface area contributed by atoms with Gasteiger partial charge in [0.05, 0.1) is 0 Å². The van der Waals surface area contributed by atoms with Gasteiger partial charge in [-0.2, -0.15) is 0 Å². The Bertz CT molecular complexity index is 2030. The zero-order chi connectivity index (χ0) is 26.2. The van der Waals surface area contributed by atoms with Crippen molar-refractivity contribution in [1.29, 1.82) is 0 Å². The quantitative estimate of drug-likeness (QED) is 0.190. The van der Waals surface area contributed by atoms with Crippen LogP contribution in [0.25, 0.3) is 89.7 Å². The SMILES string of the molecule is C.[Co].c1ccc2c(c1)-c1nc-2nc2[nH]c(nc3nc(nc4[nH]c(n1)c1ccccc41)-c1ccccc1-3)c1ccccc21. The first-order valence-electron chi connectivity index (χ1n) is 13.0. The van der Waals surface area contributed by atoms with Gasteiger partial charge in [0.1, 0.15) is 22.6 Å². The van der Waals surface area contributed by atoms with Crippen molar-refractivity contribution >= 4 is 44.1 Å². The molecule has 0 saturated carbocycles. The molecule has 0 saturated heterocycles. The molecule has 5 heterocycles. The summed E-state index contributed by atoms with van der Waals surface area (Å²) in [5.41, 5.74) is 6.45. The van der Waals surface area contributed by atoms with Gasteiger partial charge in [0.2, 0.25) is 0 Å². The van der Waals surface area contributed by atoms with E-state index in [2.05, 4.69) is 9.97 Å². The number of aromatic amines is 2. The molecule has 0 spiro atoms. The minimum atomic E-state index is 0. The molecule has 0 unspecified atom stereocenters. The minimum Gasteiger partial charge on any atom is -0.324 e. The molecule has 2 aliphatic heterocycles. The molecule has 0 amide bonds. The van der Waals surface area contributed by atoms with E-state index in [1.165, 1.54) is 0 Å². The summed E-state index contributed by atoms with van der Waals surface area (Å²) in [4.78, 5) is 36.8. The van der Waals surface area contributed by atoms with Crippen molar-refractivity contribution in [3.8, 4) is 45.6 Å². The maximum Gasteiger partial charge on any atom is 0.164 e. The van der Waals surface area contributed by atoms with Gasteiger partial charge in [-0.1, -0.05) is 104 Å². The number of hydrogen-bond donors (Lipinski definition) is 2. The first kappa shape index (κ1) is 25.7. The first-order valence-corrected chi connectivity index (χ1v) is 13.0. The van der Waals surface area contributed by atoms with Crippen molar-refractivity contribution in [2.45, 2.75) is 7.43 Å². The third-order valence-electron chi connectivity index (χ3n) is 7.46. The molecule has 2 N–H and O–H groups in total. The number of nitrogens with zero attached hydrogens (tertiary/aromatic N) is 6. The van der Waals surface area contributed by atoms with Crippen LogP contribution in [0.2, 0.25) is 0 Å². The van der Waals surface area contributed by atoms with E-state index in [9.17, 15) is 0 Å². The number of nitrogens with one attached hydrogen (secondary N) is 2. The number of fused-ring (bicyclic) bond motifs is 20. The summed E-state index contributed by atoms with van der Waals surface area (Å²) in [5, 5.41) is 3.82. The van der Waals surface area contributed by atoms with E-state index in [-0.39, 0.29) is 24.2 Å². The Balaban J connectivity index is 0.00000144. The van der Waals surface area contributed by atoms with Crippen molar-refractivity contribution in [1.82, 2.24) is 39.9 Å². The predicted octanol–water partition coefficient (Wildman–Crippen LogP) is 7.50. The number of H-pyrrole nitrogens is 2. The summed E-state index contributed by atoms with van der Waals surface area (Å²) in [6.45, 7) is 0.